The van der Waals surface area contributed by atoms with Crippen molar-refractivity contribution in [3.8, 4) is 0 Å². The second-order valence-corrected chi connectivity index (χ2v) is 9.13. The summed E-state index contributed by atoms with van der Waals surface area (Å²) in [5.74, 6) is -0.541. The van der Waals surface area contributed by atoms with Crippen LogP contribution < -0.4 is 5.32 Å². The maximum atomic E-state index is 13.5. The van der Waals surface area contributed by atoms with Crippen molar-refractivity contribution in [2.75, 3.05) is 11.9 Å². The molecule has 36 heavy (non-hydrogen) atoms. The maximum Gasteiger partial charge on any atom is 0.339 e. The molecular weight excluding hydrogens is 452 g/mol. The zero-order valence-corrected chi connectivity index (χ0v) is 20.4. The molecule has 7 nitrogen and oxygen atoms in total. The van der Waals surface area contributed by atoms with Gasteiger partial charge >= 0.3 is 5.97 Å². The van der Waals surface area contributed by atoms with Gasteiger partial charge in [-0.15, -0.1) is 0 Å². The third kappa shape index (κ3) is 5.11. The SMILES string of the molecule is Cc1ccc(NC(=O)C(C)OC(=O)c2c3c(nc4ccccc24)CCN(Cc2ccccc2)C3)nc1. The molecule has 1 atom stereocenters. The molecule has 7 heteroatoms. The Hall–Kier alpha value is -4.10. The molecule has 2 aromatic carbocycles. The summed E-state index contributed by atoms with van der Waals surface area (Å²) >= 11 is 0. The predicted molar refractivity (Wildman–Crippen MR) is 138 cm³/mol. The fourth-order valence-electron chi connectivity index (χ4n) is 4.50. The number of benzene rings is 2. The first-order valence-corrected chi connectivity index (χ1v) is 12.1. The van der Waals surface area contributed by atoms with Crippen LogP contribution in [-0.4, -0.2) is 39.4 Å². The highest BCUT2D eigenvalue weighted by molar-refractivity contribution is 6.06. The number of para-hydroxylation sites is 1. The third-order valence-corrected chi connectivity index (χ3v) is 6.39. The van der Waals surface area contributed by atoms with Gasteiger partial charge in [0.25, 0.3) is 5.91 Å². The molecule has 4 aromatic rings. The second-order valence-electron chi connectivity index (χ2n) is 9.13. The lowest BCUT2D eigenvalue weighted by Crippen LogP contribution is -2.34. The fourth-order valence-corrected chi connectivity index (χ4v) is 4.50. The van der Waals surface area contributed by atoms with E-state index in [4.69, 9.17) is 9.72 Å². The van der Waals surface area contributed by atoms with Gasteiger partial charge < -0.3 is 10.1 Å². The molecule has 0 radical (unpaired) electrons. The topological polar surface area (TPSA) is 84.4 Å². The summed E-state index contributed by atoms with van der Waals surface area (Å²) in [6.07, 6.45) is 1.41. The number of hydrogen-bond acceptors (Lipinski definition) is 6. The number of aromatic nitrogens is 2. The average molecular weight is 481 g/mol. The van der Waals surface area contributed by atoms with E-state index in [1.807, 2.05) is 55.5 Å². The predicted octanol–water partition coefficient (Wildman–Crippen LogP) is 4.68. The molecule has 0 saturated carbocycles. The summed E-state index contributed by atoms with van der Waals surface area (Å²) < 4.78 is 5.70. The lowest BCUT2D eigenvalue weighted by Gasteiger charge is -2.30. The second kappa shape index (κ2) is 10.3. The van der Waals surface area contributed by atoms with Crippen LogP contribution >= 0.6 is 0 Å². The first-order chi connectivity index (χ1) is 17.5. The van der Waals surface area contributed by atoms with Crippen LogP contribution in [0.2, 0.25) is 0 Å². The Morgan fingerprint density at radius 2 is 1.83 bits per heavy atom. The number of aryl methyl sites for hydroxylation is 1. The molecule has 1 N–H and O–H groups in total. The van der Waals surface area contributed by atoms with E-state index in [-0.39, 0.29) is 0 Å². The minimum atomic E-state index is -0.993. The lowest BCUT2D eigenvalue weighted by atomic mass is 9.95. The van der Waals surface area contributed by atoms with Crippen molar-refractivity contribution < 1.29 is 14.3 Å². The highest BCUT2D eigenvalue weighted by Gasteiger charge is 2.28. The minimum absolute atomic E-state index is 0.414. The lowest BCUT2D eigenvalue weighted by molar-refractivity contribution is -0.123. The van der Waals surface area contributed by atoms with Gasteiger partial charge in [0.1, 0.15) is 5.82 Å². The van der Waals surface area contributed by atoms with Crippen molar-refractivity contribution >= 4 is 28.6 Å². The number of nitrogens with zero attached hydrogens (tertiary/aromatic N) is 3. The normalized spacial score (nSPS) is 14.2. The first kappa shape index (κ1) is 23.6. The molecule has 0 bridgehead atoms. The number of amides is 1. The van der Waals surface area contributed by atoms with Crippen molar-refractivity contribution in [3.05, 3.63) is 101 Å². The zero-order valence-electron chi connectivity index (χ0n) is 20.4. The molecule has 0 saturated heterocycles. The Bertz CT molecular complexity index is 1400. The van der Waals surface area contributed by atoms with E-state index in [2.05, 4.69) is 27.3 Å². The first-order valence-electron chi connectivity index (χ1n) is 12.1. The number of esters is 1. The summed E-state index contributed by atoms with van der Waals surface area (Å²) in [5.41, 5.74) is 5.22. The molecule has 1 amide bonds. The largest absolute Gasteiger partial charge is 0.449 e. The van der Waals surface area contributed by atoms with Crippen molar-refractivity contribution in [2.24, 2.45) is 0 Å². The van der Waals surface area contributed by atoms with Gasteiger partial charge in [0.2, 0.25) is 0 Å². The number of rotatable bonds is 6. The van der Waals surface area contributed by atoms with E-state index < -0.39 is 18.0 Å². The van der Waals surface area contributed by atoms with Crippen molar-refractivity contribution in [3.63, 3.8) is 0 Å². The van der Waals surface area contributed by atoms with Gasteiger partial charge in [-0.1, -0.05) is 54.6 Å². The number of carbonyl (C=O) groups is 2. The van der Waals surface area contributed by atoms with Crippen LogP contribution in [0.5, 0.6) is 0 Å². The molecule has 3 heterocycles. The van der Waals surface area contributed by atoms with E-state index in [1.165, 1.54) is 5.56 Å². The molecule has 1 unspecified atom stereocenters. The monoisotopic (exact) mass is 480 g/mol. The van der Waals surface area contributed by atoms with Crippen LogP contribution in [0.4, 0.5) is 5.82 Å². The van der Waals surface area contributed by atoms with Gasteiger partial charge in [0.05, 0.1) is 11.1 Å². The van der Waals surface area contributed by atoms with Crippen molar-refractivity contribution in [1.29, 1.82) is 0 Å². The Morgan fingerprint density at radius 3 is 2.61 bits per heavy atom. The van der Waals surface area contributed by atoms with E-state index >= 15 is 0 Å². The number of carbonyl (C=O) groups excluding carboxylic acids is 2. The van der Waals surface area contributed by atoms with Crippen LogP contribution in [0.15, 0.2) is 72.9 Å². The maximum absolute atomic E-state index is 13.5. The van der Waals surface area contributed by atoms with Gasteiger partial charge in [-0.2, -0.15) is 0 Å². The summed E-state index contributed by atoms with van der Waals surface area (Å²) in [7, 11) is 0. The zero-order chi connectivity index (χ0) is 25.1. The number of fused-ring (bicyclic) bond motifs is 2. The third-order valence-electron chi connectivity index (χ3n) is 6.39. The standard InChI is InChI=1S/C29H28N4O3/c1-19-12-13-26(30-16-19)32-28(34)20(2)36-29(35)27-22-10-6-7-11-24(22)31-25-14-15-33(18-23(25)27)17-21-8-4-3-5-9-21/h3-13,16,20H,14-15,17-18H2,1-2H3,(H,30,32,34). The molecule has 0 fully saturated rings. The molecule has 5 rings (SSSR count). The molecule has 1 aliphatic rings. The van der Waals surface area contributed by atoms with Crippen LogP contribution in [0.1, 0.15) is 39.7 Å². The van der Waals surface area contributed by atoms with Gasteiger partial charge in [-0.25, -0.2) is 9.78 Å². The number of hydrogen-bond donors (Lipinski definition) is 1. The highest BCUT2D eigenvalue weighted by Crippen LogP contribution is 2.29. The number of ether oxygens (including phenoxy) is 1. The smallest absolute Gasteiger partial charge is 0.339 e. The Morgan fingerprint density at radius 1 is 1.06 bits per heavy atom. The van der Waals surface area contributed by atoms with Gasteiger partial charge in [0, 0.05) is 48.9 Å². The van der Waals surface area contributed by atoms with Gasteiger partial charge in [-0.3, -0.25) is 14.7 Å². The Labute approximate surface area is 210 Å². The summed E-state index contributed by atoms with van der Waals surface area (Å²) in [5, 5.41) is 3.44. The highest BCUT2D eigenvalue weighted by atomic mass is 16.5. The summed E-state index contributed by atoms with van der Waals surface area (Å²) in [6.45, 7) is 5.71. The van der Waals surface area contributed by atoms with E-state index in [1.54, 1.807) is 19.2 Å². The fraction of sp³-hybridized carbons (Fsp3) is 0.241. The molecule has 0 aliphatic carbocycles. The summed E-state index contributed by atoms with van der Waals surface area (Å²) in [6, 6.07) is 21.4. The van der Waals surface area contributed by atoms with Crippen LogP contribution in [0.3, 0.4) is 0 Å². The molecule has 0 spiro atoms. The van der Waals surface area contributed by atoms with Crippen LogP contribution in [-0.2, 0) is 29.0 Å². The molecular formula is C29H28N4O3. The van der Waals surface area contributed by atoms with Crippen molar-refractivity contribution in [2.45, 2.75) is 39.5 Å². The quantitative estimate of drug-likeness (QED) is 0.404. The Balaban J connectivity index is 1.40. The van der Waals surface area contributed by atoms with Crippen molar-refractivity contribution in [1.82, 2.24) is 14.9 Å². The average Bonchev–Trinajstić information content (AvgIpc) is 2.89. The van der Waals surface area contributed by atoms with Crippen LogP contribution in [0.25, 0.3) is 10.9 Å². The minimum Gasteiger partial charge on any atom is -0.449 e. The number of pyridine rings is 2. The molecule has 1 aliphatic heterocycles. The molecule has 2 aromatic heterocycles. The van der Waals surface area contributed by atoms with Gasteiger partial charge in [0.15, 0.2) is 6.10 Å². The van der Waals surface area contributed by atoms with E-state index in [0.717, 1.165) is 47.2 Å². The van der Waals surface area contributed by atoms with Gasteiger partial charge in [-0.05, 0) is 37.1 Å². The summed E-state index contributed by atoms with van der Waals surface area (Å²) in [4.78, 5) is 37.6. The number of nitrogens with one attached hydrogen (secondary N) is 1. The molecule has 182 valence electrons. The number of anilines is 1. The van der Waals surface area contributed by atoms with Crippen LogP contribution in [0, 0.1) is 6.92 Å². The Kier molecular flexibility index (Phi) is 6.73. The van der Waals surface area contributed by atoms with E-state index in [9.17, 15) is 9.59 Å². The van der Waals surface area contributed by atoms with E-state index in [0.29, 0.717) is 17.9 Å².